The van der Waals surface area contributed by atoms with Gasteiger partial charge < -0.3 is 9.63 Å². The first-order valence-electron chi connectivity index (χ1n) is 3.77. The second-order valence-corrected chi connectivity index (χ2v) is 3.03. The Morgan fingerprint density at radius 2 is 2.36 bits per heavy atom. The van der Waals surface area contributed by atoms with E-state index >= 15 is 0 Å². The Balaban J connectivity index is 2.68. The molecule has 3 nitrogen and oxygen atoms in total. The van der Waals surface area contributed by atoms with Gasteiger partial charge in [-0.3, -0.25) is 0 Å². The summed E-state index contributed by atoms with van der Waals surface area (Å²) < 4.78 is 4.96. The summed E-state index contributed by atoms with van der Waals surface area (Å²) in [5.74, 6) is 1.34. The highest BCUT2D eigenvalue weighted by Crippen LogP contribution is 2.12. The molecule has 1 N–H and O–H groups in total. The summed E-state index contributed by atoms with van der Waals surface area (Å²) in [5, 5.41) is 12.4. The van der Waals surface area contributed by atoms with E-state index in [0.717, 1.165) is 17.7 Å². The van der Waals surface area contributed by atoms with Gasteiger partial charge in [0.2, 0.25) is 0 Å². The van der Waals surface area contributed by atoms with Crippen LogP contribution in [0.5, 0.6) is 0 Å². The molecule has 0 unspecified atom stereocenters. The van der Waals surface area contributed by atoms with Crippen molar-refractivity contribution < 1.29 is 9.63 Å². The van der Waals surface area contributed by atoms with Crippen LogP contribution in [-0.2, 0) is 13.0 Å². The molecule has 0 spiro atoms. The molecule has 62 valence electrons. The minimum atomic E-state index is 0.0194. The molecule has 0 atom stereocenters. The minimum Gasteiger partial charge on any atom is -0.391 e. The van der Waals surface area contributed by atoms with Crippen molar-refractivity contribution >= 4 is 0 Å². The first kappa shape index (κ1) is 8.27. The van der Waals surface area contributed by atoms with Gasteiger partial charge in [-0.25, -0.2) is 0 Å². The van der Waals surface area contributed by atoms with Crippen molar-refractivity contribution in [2.45, 2.75) is 26.9 Å². The van der Waals surface area contributed by atoms with E-state index in [0.29, 0.717) is 5.92 Å². The summed E-state index contributed by atoms with van der Waals surface area (Å²) in [6.07, 6.45) is 2.41. The van der Waals surface area contributed by atoms with Gasteiger partial charge in [0, 0.05) is 12.0 Å². The lowest BCUT2D eigenvalue weighted by Crippen LogP contribution is -1.95. The van der Waals surface area contributed by atoms with Gasteiger partial charge in [0.15, 0.2) is 0 Å². The molecule has 0 saturated heterocycles. The van der Waals surface area contributed by atoms with Gasteiger partial charge in [0.05, 0.1) is 12.8 Å². The van der Waals surface area contributed by atoms with Crippen molar-refractivity contribution in [3.05, 3.63) is 17.5 Å². The number of nitrogens with zero attached hydrogens (tertiary/aromatic N) is 1. The second-order valence-electron chi connectivity index (χ2n) is 3.03. The lowest BCUT2D eigenvalue weighted by molar-refractivity contribution is 0.275. The van der Waals surface area contributed by atoms with Crippen LogP contribution in [0.4, 0.5) is 0 Å². The standard InChI is InChI=1S/C8H13NO2/c1-6(2)3-8-7(5-10)4-9-11-8/h4,6,10H,3,5H2,1-2H3. The SMILES string of the molecule is CC(C)Cc1oncc1CO. The zero-order valence-electron chi connectivity index (χ0n) is 6.87. The maximum Gasteiger partial charge on any atom is 0.142 e. The van der Waals surface area contributed by atoms with Crippen LogP contribution in [-0.4, -0.2) is 10.3 Å². The fourth-order valence-electron chi connectivity index (χ4n) is 0.952. The molecule has 1 aromatic heterocycles. The third kappa shape index (κ3) is 2.05. The van der Waals surface area contributed by atoms with Gasteiger partial charge in [0.1, 0.15) is 5.76 Å². The summed E-state index contributed by atoms with van der Waals surface area (Å²) in [5.41, 5.74) is 0.804. The topological polar surface area (TPSA) is 46.3 Å². The Bertz CT molecular complexity index is 218. The molecule has 0 aromatic carbocycles. The summed E-state index contributed by atoms with van der Waals surface area (Å²) in [6, 6.07) is 0. The quantitative estimate of drug-likeness (QED) is 0.717. The highest BCUT2D eigenvalue weighted by molar-refractivity contribution is 5.12. The van der Waals surface area contributed by atoms with Crippen LogP contribution in [0.25, 0.3) is 0 Å². The van der Waals surface area contributed by atoms with Crippen molar-refractivity contribution in [1.82, 2.24) is 5.16 Å². The van der Waals surface area contributed by atoms with E-state index in [-0.39, 0.29) is 6.61 Å². The van der Waals surface area contributed by atoms with E-state index in [2.05, 4.69) is 19.0 Å². The number of aromatic nitrogens is 1. The first-order valence-corrected chi connectivity index (χ1v) is 3.77. The number of rotatable bonds is 3. The highest BCUT2D eigenvalue weighted by atomic mass is 16.5. The normalized spacial score (nSPS) is 10.9. The smallest absolute Gasteiger partial charge is 0.142 e. The van der Waals surface area contributed by atoms with Gasteiger partial charge in [-0.05, 0) is 5.92 Å². The largest absolute Gasteiger partial charge is 0.391 e. The first-order chi connectivity index (χ1) is 5.24. The monoisotopic (exact) mass is 155 g/mol. The zero-order valence-corrected chi connectivity index (χ0v) is 6.87. The highest BCUT2D eigenvalue weighted by Gasteiger charge is 2.07. The van der Waals surface area contributed by atoms with Crippen LogP contribution < -0.4 is 0 Å². The van der Waals surface area contributed by atoms with Crippen molar-refractivity contribution in [3.8, 4) is 0 Å². The second kappa shape index (κ2) is 3.53. The fraction of sp³-hybridized carbons (Fsp3) is 0.625. The van der Waals surface area contributed by atoms with E-state index < -0.39 is 0 Å². The molecule has 0 aliphatic heterocycles. The molecule has 0 bridgehead atoms. The molecule has 1 heterocycles. The van der Waals surface area contributed by atoms with Crippen molar-refractivity contribution in [3.63, 3.8) is 0 Å². The summed E-state index contributed by atoms with van der Waals surface area (Å²) >= 11 is 0. The fourth-order valence-corrected chi connectivity index (χ4v) is 0.952. The molecule has 0 radical (unpaired) electrons. The average Bonchev–Trinajstić information content (AvgIpc) is 2.34. The molecular weight excluding hydrogens is 142 g/mol. The van der Waals surface area contributed by atoms with E-state index in [1.807, 2.05) is 0 Å². The van der Waals surface area contributed by atoms with Gasteiger partial charge >= 0.3 is 0 Å². The van der Waals surface area contributed by atoms with Gasteiger partial charge in [-0.15, -0.1) is 0 Å². The van der Waals surface area contributed by atoms with E-state index in [1.165, 1.54) is 0 Å². The Kier molecular flexibility index (Phi) is 2.65. The Hall–Kier alpha value is -0.830. The van der Waals surface area contributed by atoms with Crippen LogP contribution in [0.3, 0.4) is 0 Å². The number of hydrogen-bond acceptors (Lipinski definition) is 3. The minimum absolute atomic E-state index is 0.0194. The van der Waals surface area contributed by atoms with Crippen molar-refractivity contribution in [2.75, 3.05) is 0 Å². The Morgan fingerprint density at radius 1 is 1.64 bits per heavy atom. The maximum atomic E-state index is 8.82. The summed E-state index contributed by atoms with van der Waals surface area (Å²) in [7, 11) is 0. The van der Waals surface area contributed by atoms with Crippen LogP contribution in [0.2, 0.25) is 0 Å². The molecule has 0 aliphatic carbocycles. The van der Waals surface area contributed by atoms with Crippen LogP contribution >= 0.6 is 0 Å². The number of aliphatic hydroxyl groups is 1. The molecule has 3 heteroatoms. The predicted octanol–water partition coefficient (Wildman–Crippen LogP) is 1.37. The van der Waals surface area contributed by atoms with Gasteiger partial charge in [-0.2, -0.15) is 0 Å². The van der Waals surface area contributed by atoms with E-state index in [4.69, 9.17) is 9.63 Å². The maximum absolute atomic E-state index is 8.82. The zero-order chi connectivity index (χ0) is 8.27. The molecule has 0 fully saturated rings. The molecule has 11 heavy (non-hydrogen) atoms. The lowest BCUT2D eigenvalue weighted by atomic mass is 10.1. The Morgan fingerprint density at radius 3 is 2.91 bits per heavy atom. The van der Waals surface area contributed by atoms with Crippen LogP contribution in [0, 0.1) is 5.92 Å². The van der Waals surface area contributed by atoms with Crippen molar-refractivity contribution in [1.29, 1.82) is 0 Å². The average molecular weight is 155 g/mol. The molecule has 0 aliphatic rings. The van der Waals surface area contributed by atoms with Gasteiger partial charge in [-0.1, -0.05) is 19.0 Å². The molecule has 1 rings (SSSR count). The van der Waals surface area contributed by atoms with Gasteiger partial charge in [0.25, 0.3) is 0 Å². The van der Waals surface area contributed by atoms with Crippen molar-refractivity contribution in [2.24, 2.45) is 5.92 Å². The number of hydrogen-bond donors (Lipinski definition) is 1. The van der Waals surface area contributed by atoms with Crippen LogP contribution in [0.15, 0.2) is 10.7 Å². The third-order valence-electron chi connectivity index (χ3n) is 1.49. The predicted molar refractivity (Wildman–Crippen MR) is 41.0 cm³/mol. The van der Waals surface area contributed by atoms with E-state index in [1.54, 1.807) is 6.20 Å². The summed E-state index contributed by atoms with van der Waals surface area (Å²) in [4.78, 5) is 0. The lowest BCUT2D eigenvalue weighted by Gasteiger charge is -2.00. The van der Waals surface area contributed by atoms with E-state index in [9.17, 15) is 0 Å². The third-order valence-corrected chi connectivity index (χ3v) is 1.49. The number of aliphatic hydroxyl groups excluding tert-OH is 1. The summed E-state index contributed by atoms with van der Waals surface area (Å²) in [6.45, 7) is 4.22. The molecule has 1 aromatic rings. The Labute approximate surface area is 66.0 Å². The van der Waals surface area contributed by atoms with Crippen LogP contribution in [0.1, 0.15) is 25.2 Å². The molecule has 0 amide bonds. The molecule has 0 saturated carbocycles. The molecular formula is C8H13NO2.